The van der Waals surface area contributed by atoms with Gasteiger partial charge in [-0.15, -0.1) is 0 Å². The molecular formula is C26H26N2O4. The van der Waals surface area contributed by atoms with Crippen molar-refractivity contribution in [2.45, 2.75) is 25.5 Å². The van der Waals surface area contributed by atoms with Crippen molar-refractivity contribution in [3.8, 4) is 16.9 Å². The molecule has 1 fully saturated rings. The van der Waals surface area contributed by atoms with Crippen molar-refractivity contribution >= 4 is 17.7 Å². The first-order valence-electron chi connectivity index (χ1n) is 10.7. The maximum atomic E-state index is 13.0. The molecule has 0 aromatic heterocycles. The number of nitrogens with one attached hydrogen (secondary N) is 1. The van der Waals surface area contributed by atoms with Gasteiger partial charge in [-0.3, -0.25) is 9.69 Å². The third-order valence-corrected chi connectivity index (χ3v) is 5.54. The Morgan fingerprint density at radius 3 is 2.59 bits per heavy atom. The van der Waals surface area contributed by atoms with Crippen molar-refractivity contribution in [1.29, 1.82) is 0 Å². The zero-order valence-corrected chi connectivity index (χ0v) is 18.0. The highest BCUT2D eigenvalue weighted by Gasteiger charge is 2.35. The van der Waals surface area contributed by atoms with Gasteiger partial charge in [0.05, 0.1) is 7.11 Å². The molecule has 1 unspecified atom stereocenters. The van der Waals surface area contributed by atoms with Crippen LogP contribution in [-0.4, -0.2) is 36.6 Å². The predicted molar refractivity (Wildman–Crippen MR) is 123 cm³/mol. The third kappa shape index (κ3) is 4.91. The standard InChI is InChI=1S/C26H26N2O4/c1-31-24-15-6-5-13-22(24)20-11-7-12-21(17-20)27-25(29)23-14-8-16-28(23)26(30)32-18-19-9-3-2-4-10-19/h2-7,9-13,15,17,23H,8,14,16,18H2,1H3,(H,27,29). The lowest BCUT2D eigenvalue weighted by Gasteiger charge is -2.23. The second-order valence-electron chi connectivity index (χ2n) is 7.66. The number of para-hydroxylation sites is 1. The largest absolute Gasteiger partial charge is 0.496 e. The van der Waals surface area contributed by atoms with E-state index in [0.29, 0.717) is 18.7 Å². The molecule has 0 spiro atoms. The molecule has 2 amide bonds. The summed E-state index contributed by atoms with van der Waals surface area (Å²) < 4.78 is 10.9. The topological polar surface area (TPSA) is 67.9 Å². The Morgan fingerprint density at radius 2 is 1.78 bits per heavy atom. The molecule has 0 saturated carbocycles. The Morgan fingerprint density at radius 1 is 1.00 bits per heavy atom. The van der Waals surface area contributed by atoms with Gasteiger partial charge >= 0.3 is 6.09 Å². The Hall–Kier alpha value is -3.80. The number of ether oxygens (including phenoxy) is 2. The molecular weight excluding hydrogens is 404 g/mol. The normalized spacial score (nSPS) is 15.3. The highest BCUT2D eigenvalue weighted by molar-refractivity contribution is 5.97. The fourth-order valence-electron chi connectivity index (χ4n) is 3.93. The zero-order chi connectivity index (χ0) is 22.3. The molecule has 4 rings (SSSR count). The van der Waals surface area contributed by atoms with Gasteiger partial charge in [0.2, 0.25) is 5.91 Å². The lowest BCUT2D eigenvalue weighted by Crippen LogP contribution is -2.43. The van der Waals surface area contributed by atoms with Gasteiger partial charge in [0, 0.05) is 17.8 Å². The number of hydrogen-bond donors (Lipinski definition) is 1. The lowest BCUT2D eigenvalue weighted by molar-refractivity contribution is -0.120. The number of likely N-dealkylation sites (tertiary alicyclic amines) is 1. The van der Waals surface area contributed by atoms with Crippen molar-refractivity contribution in [3.05, 3.63) is 84.4 Å². The van der Waals surface area contributed by atoms with E-state index in [9.17, 15) is 9.59 Å². The zero-order valence-electron chi connectivity index (χ0n) is 18.0. The maximum Gasteiger partial charge on any atom is 0.410 e. The van der Waals surface area contributed by atoms with Crippen LogP contribution >= 0.6 is 0 Å². The van der Waals surface area contributed by atoms with E-state index in [-0.39, 0.29) is 12.5 Å². The number of hydrogen-bond acceptors (Lipinski definition) is 4. The van der Waals surface area contributed by atoms with E-state index in [4.69, 9.17) is 9.47 Å². The number of carbonyl (C=O) groups is 2. The first kappa shape index (κ1) is 21.4. The number of anilines is 1. The van der Waals surface area contributed by atoms with Crippen LogP contribution in [0.1, 0.15) is 18.4 Å². The minimum atomic E-state index is -0.548. The van der Waals surface area contributed by atoms with E-state index in [1.54, 1.807) is 7.11 Å². The summed E-state index contributed by atoms with van der Waals surface area (Å²) in [7, 11) is 1.63. The molecule has 32 heavy (non-hydrogen) atoms. The van der Waals surface area contributed by atoms with E-state index in [1.165, 1.54) is 4.90 Å². The Kier molecular flexibility index (Phi) is 6.70. The van der Waals surface area contributed by atoms with Crippen molar-refractivity contribution in [3.63, 3.8) is 0 Å². The highest BCUT2D eigenvalue weighted by atomic mass is 16.6. The molecule has 6 heteroatoms. The number of nitrogens with zero attached hydrogens (tertiary/aromatic N) is 1. The predicted octanol–water partition coefficient (Wildman–Crippen LogP) is 5.10. The van der Waals surface area contributed by atoms with Crippen LogP contribution in [0.3, 0.4) is 0 Å². The molecule has 1 aliphatic rings. The molecule has 6 nitrogen and oxygen atoms in total. The van der Waals surface area contributed by atoms with Crippen molar-refractivity contribution in [2.24, 2.45) is 0 Å². The minimum absolute atomic E-state index is 0.186. The van der Waals surface area contributed by atoms with Crippen LogP contribution in [0.25, 0.3) is 11.1 Å². The van der Waals surface area contributed by atoms with Crippen LogP contribution in [0.15, 0.2) is 78.9 Å². The van der Waals surface area contributed by atoms with Crippen LogP contribution in [-0.2, 0) is 16.1 Å². The Balaban J connectivity index is 1.42. The minimum Gasteiger partial charge on any atom is -0.496 e. The summed E-state index contributed by atoms with van der Waals surface area (Å²) in [5, 5.41) is 2.96. The summed E-state index contributed by atoms with van der Waals surface area (Å²) >= 11 is 0. The first-order valence-corrected chi connectivity index (χ1v) is 10.7. The summed E-state index contributed by atoms with van der Waals surface area (Å²) in [4.78, 5) is 27.1. The lowest BCUT2D eigenvalue weighted by atomic mass is 10.0. The van der Waals surface area contributed by atoms with Gasteiger partial charge in [-0.1, -0.05) is 60.7 Å². The van der Waals surface area contributed by atoms with Gasteiger partial charge < -0.3 is 14.8 Å². The van der Waals surface area contributed by atoms with Crippen molar-refractivity contribution in [2.75, 3.05) is 19.0 Å². The maximum absolute atomic E-state index is 13.0. The van der Waals surface area contributed by atoms with E-state index in [2.05, 4.69) is 5.32 Å². The van der Waals surface area contributed by atoms with Crippen LogP contribution in [0.4, 0.5) is 10.5 Å². The summed E-state index contributed by atoms with van der Waals surface area (Å²) in [6.07, 6.45) is 0.910. The molecule has 1 N–H and O–H groups in total. The Bertz CT molecular complexity index is 1080. The first-order chi connectivity index (χ1) is 15.7. The van der Waals surface area contributed by atoms with Crippen LogP contribution in [0, 0.1) is 0 Å². The number of methoxy groups -OCH3 is 1. The molecule has 3 aromatic rings. The van der Waals surface area contributed by atoms with Gasteiger partial charge in [-0.25, -0.2) is 4.79 Å². The molecule has 1 aliphatic heterocycles. The number of amides is 2. The summed E-state index contributed by atoms with van der Waals surface area (Å²) in [6, 6.07) is 24.3. The average molecular weight is 431 g/mol. The molecule has 0 bridgehead atoms. The third-order valence-electron chi connectivity index (χ3n) is 5.54. The van der Waals surface area contributed by atoms with Gasteiger partial charge in [0.1, 0.15) is 18.4 Å². The summed E-state index contributed by atoms with van der Waals surface area (Å²) in [5.74, 6) is 0.551. The monoisotopic (exact) mass is 430 g/mol. The average Bonchev–Trinajstić information content (AvgIpc) is 3.34. The van der Waals surface area contributed by atoms with E-state index in [1.807, 2.05) is 78.9 Å². The van der Waals surface area contributed by atoms with E-state index >= 15 is 0 Å². The second kappa shape index (κ2) is 10.0. The molecule has 0 radical (unpaired) electrons. The molecule has 1 atom stereocenters. The SMILES string of the molecule is COc1ccccc1-c1cccc(NC(=O)C2CCCN2C(=O)OCc2ccccc2)c1. The highest BCUT2D eigenvalue weighted by Crippen LogP contribution is 2.31. The fourth-order valence-corrected chi connectivity index (χ4v) is 3.93. The molecule has 0 aliphatic carbocycles. The Labute approximate surface area is 187 Å². The van der Waals surface area contributed by atoms with Gasteiger partial charge in [-0.05, 0) is 42.2 Å². The van der Waals surface area contributed by atoms with E-state index in [0.717, 1.165) is 28.9 Å². The van der Waals surface area contributed by atoms with Crippen LogP contribution in [0.2, 0.25) is 0 Å². The molecule has 1 saturated heterocycles. The number of carbonyl (C=O) groups excluding carboxylic acids is 2. The molecule has 164 valence electrons. The quantitative estimate of drug-likeness (QED) is 0.591. The van der Waals surface area contributed by atoms with E-state index < -0.39 is 12.1 Å². The molecule has 3 aromatic carbocycles. The number of benzene rings is 3. The number of rotatable bonds is 6. The van der Waals surface area contributed by atoms with Crippen molar-refractivity contribution in [1.82, 2.24) is 4.90 Å². The van der Waals surface area contributed by atoms with Gasteiger partial charge in [0.15, 0.2) is 0 Å². The van der Waals surface area contributed by atoms with Crippen LogP contribution in [0.5, 0.6) is 5.75 Å². The summed E-state index contributed by atoms with van der Waals surface area (Å²) in [6.45, 7) is 0.693. The summed E-state index contributed by atoms with van der Waals surface area (Å²) in [5.41, 5.74) is 3.46. The van der Waals surface area contributed by atoms with Crippen LogP contribution < -0.4 is 10.1 Å². The van der Waals surface area contributed by atoms with Gasteiger partial charge in [-0.2, -0.15) is 0 Å². The fraction of sp³-hybridized carbons (Fsp3) is 0.231. The smallest absolute Gasteiger partial charge is 0.410 e. The van der Waals surface area contributed by atoms with Crippen molar-refractivity contribution < 1.29 is 19.1 Å². The van der Waals surface area contributed by atoms with Gasteiger partial charge in [0.25, 0.3) is 0 Å². The second-order valence-corrected chi connectivity index (χ2v) is 7.66. The molecule has 1 heterocycles.